The van der Waals surface area contributed by atoms with Gasteiger partial charge in [-0.15, -0.1) is 0 Å². The van der Waals surface area contributed by atoms with Crippen molar-refractivity contribution in [2.75, 3.05) is 5.73 Å². The molecule has 0 heterocycles. The number of nitrogens with two attached hydrogens (primary N) is 1. The molecule has 1 aliphatic rings. The van der Waals surface area contributed by atoms with Gasteiger partial charge in [0.1, 0.15) is 0 Å². The van der Waals surface area contributed by atoms with Gasteiger partial charge in [0.25, 0.3) is 0 Å². The van der Waals surface area contributed by atoms with Crippen molar-refractivity contribution in [2.24, 2.45) is 0 Å². The van der Waals surface area contributed by atoms with E-state index in [-0.39, 0.29) is 0 Å². The van der Waals surface area contributed by atoms with Gasteiger partial charge in [-0.25, -0.2) is 0 Å². The molecule has 0 radical (unpaired) electrons. The van der Waals surface area contributed by atoms with Crippen LogP contribution >= 0.6 is 15.9 Å². The van der Waals surface area contributed by atoms with E-state index in [9.17, 15) is 0 Å². The van der Waals surface area contributed by atoms with Crippen molar-refractivity contribution in [3.63, 3.8) is 0 Å². The highest BCUT2D eigenvalue weighted by Crippen LogP contribution is 2.34. The van der Waals surface area contributed by atoms with E-state index in [1.807, 2.05) is 6.07 Å². The molecule has 0 aromatic heterocycles. The summed E-state index contributed by atoms with van der Waals surface area (Å²) >= 11 is 3.48. The van der Waals surface area contributed by atoms with Gasteiger partial charge in [-0.1, -0.05) is 34.1 Å². The lowest BCUT2D eigenvalue weighted by atomic mass is 10.0. The van der Waals surface area contributed by atoms with Crippen molar-refractivity contribution < 1.29 is 0 Å². The minimum atomic E-state index is 0.344. The van der Waals surface area contributed by atoms with E-state index in [1.165, 1.54) is 16.7 Å². The summed E-state index contributed by atoms with van der Waals surface area (Å²) in [6.07, 6.45) is 2.27. The molecule has 2 unspecified atom stereocenters. The number of fused-ring (bicyclic) bond motifs is 1. The van der Waals surface area contributed by atoms with E-state index in [1.54, 1.807) is 0 Å². The van der Waals surface area contributed by atoms with Crippen molar-refractivity contribution in [1.29, 1.82) is 0 Å². The van der Waals surface area contributed by atoms with E-state index in [4.69, 9.17) is 5.73 Å². The van der Waals surface area contributed by atoms with E-state index in [0.29, 0.717) is 12.1 Å². The number of aryl methyl sites for hydroxylation is 1. The zero-order valence-electron chi connectivity index (χ0n) is 11.6. The first-order chi connectivity index (χ1) is 9.63. The number of anilines is 1. The van der Waals surface area contributed by atoms with Crippen molar-refractivity contribution in [1.82, 2.24) is 5.32 Å². The molecule has 20 heavy (non-hydrogen) atoms. The molecule has 1 aliphatic carbocycles. The summed E-state index contributed by atoms with van der Waals surface area (Å²) in [7, 11) is 0. The quantitative estimate of drug-likeness (QED) is 0.820. The number of halogens is 1. The van der Waals surface area contributed by atoms with Crippen LogP contribution in [0, 0.1) is 0 Å². The summed E-state index contributed by atoms with van der Waals surface area (Å²) in [5.41, 5.74) is 10.8. The van der Waals surface area contributed by atoms with Gasteiger partial charge in [0, 0.05) is 22.2 Å². The fraction of sp³-hybridized carbons (Fsp3) is 0.294. The Labute approximate surface area is 128 Å². The Balaban J connectivity index is 1.75. The molecule has 3 rings (SSSR count). The number of nitrogens with one attached hydrogen (secondary N) is 1. The molecule has 3 heteroatoms. The SMILES string of the molecule is CC(NC1CCc2cc(N)ccc21)c1ccc(Br)cc1. The largest absolute Gasteiger partial charge is 0.399 e. The molecular weight excluding hydrogens is 312 g/mol. The maximum absolute atomic E-state index is 5.86. The highest BCUT2D eigenvalue weighted by atomic mass is 79.9. The van der Waals surface area contributed by atoms with Gasteiger partial charge in [0.2, 0.25) is 0 Å². The molecule has 104 valence electrons. The lowest BCUT2D eigenvalue weighted by Gasteiger charge is -2.21. The number of hydrogen-bond donors (Lipinski definition) is 2. The topological polar surface area (TPSA) is 38.0 Å². The number of nitrogen functional groups attached to an aromatic ring is 1. The lowest BCUT2D eigenvalue weighted by molar-refractivity contribution is 0.465. The van der Waals surface area contributed by atoms with Crippen LogP contribution in [0.1, 0.15) is 42.1 Å². The molecule has 0 saturated heterocycles. The van der Waals surface area contributed by atoms with Crippen LogP contribution < -0.4 is 11.1 Å². The zero-order chi connectivity index (χ0) is 14.1. The summed E-state index contributed by atoms with van der Waals surface area (Å²) in [6.45, 7) is 2.22. The van der Waals surface area contributed by atoms with Crippen molar-refractivity contribution >= 4 is 21.6 Å². The molecule has 0 fully saturated rings. The maximum atomic E-state index is 5.86. The third-order valence-electron chi connectivity index (χ3n) is 4.07. The molecule has 3 N–H and O–H groups in total. The molecule has 0 amide bonds. The molecule has 0 aliphatic heterocycles. The fourth-order valence-corrected chi connectivity index (χ4v) is 3.22. The number of hydrogen-bond acceptors (Lipinski definition) is 2. The van der Waals surface area contributed by atoms with Gasteiger partial charge in [-0.2, -0.15) is 0 Å². The van der Waals surface area contributed by atoms with Crippen LogP contribution in [0.3, 0.4) is 0 Å². The van der Waals surface area contributed by atoms with Crippen LogP contribution in [0.4, 0.5) is 5.69 Å². The summed E-state index contributed by atoms with van der Waals surface area (Å²) in [6, 6.07) is 15.6. The third kappa shape index (κ3) is 2.74. The van der Waals surface area contributed by atoms with Gasteiger partial charge >= 0.3 is 0 Å². The maximum Gasteiger partial charge on any atom is 0.0331 e. The number of benzene rings is 2. The second-order valence-corrected chi connectivity index (χ2v) is 6.41. The Hall–Kier alpha value is -1.32. The normalized spacial score (nSPS) is 18.8. The Bertz CT molecular complexity index is 607. The lowest BCUT2D eigenvalue weighted by Crippen LogP contribution is -2.22. The second-order valence-electron chi connectivity index (χ2n) is 5.49. The highest BCUT2D eigenvalue weighted by Gasteiger charge is 2.23. The predicted octanol–water partition coefficient (Wildman–Crippen LogP) is 4.37. The van der Waals surface area contributed by atoms with E-state index < -0.39 is 0 Å². The van der Waals surface area contributed by atoms with E-state index in [0.717, 1.165) is 23.0 Å². The average Bonchev–Trinajstić information content (AvgIpc) is 2.81. The summed E-state index contributed by atoms with van der Waals surface area (Å²) in [5, 5.41) is 3.73. The van der Waals surface area contributed by atoms with Gasteiger partial charge < -0.3 is 11.1 Å². The highest BCUT2D eigenvalue weighted by molar-refractivity contribution is 9.10. The fourth-order valence-electron chi connectivity index (χ4n) is 2.96. The first-order valence-electron chi connectivity index (χ1n) is 7.03. The third-order valence-corrected chi connectivity index (χ3v) is 4.59. The second kappa shape index (κ2) is 5.58. The molecule has 2 aromatic rings. The van der Waals surface area contributed by atoms with Crippen LogP contribution in [-0.2, 0) is 6.42 Å². The van der Waals surface area contributed by atoms with Crippen LogP contribution in [0.2, 0.25) is 0 Å². The standard InChI is InChI=1S/C17H19BrN2/c1-11(12-2-5-14(18)6-3-12)20-17-9-4-13-10-15(19)7-8-16(13)17/h2-3,5-8,10-11,17,20H,4,9,19H2,1H3. The predicted molar refractivity (Wildman–Crippen MR) is 87.6 cm³/mol. The first kappa shape index (κ1) is 13.7. The molecule has 2 aromatic carbocycles. The Kier molecular flexibility index (Phi) is 3.81. The zero-order valence-corrected chi connectivity index (χ0v) is 13.2. The molecule has 0 bridgehead atoms. The van der Waals surface area contributed by atoms with Crippen LogP contribution in [0.15, 0.2) is 46.9 Å². The van der Waals surface area contributed by atoms with Gasteiger partial charge in [0.05, 0.1) is 0 Å². The minimum absolute atomic E-state index is 0.344. The number of rotatable bonds is 3. The van der Waals surface area contributed by atoms with E-state index >= 15 is 0 Å². The molecule has 2 atom stereocenters. The van der Waals surface area contributed by atoms with Crippen molar-refractivity contribution in [2.45, 2.75) is 31.8 Å². The van der Waals surface area contributed by atoms with Crippen LogP contribution in [-0.4, -0.2) is 0 Å². The molecular formula is C17H19BrN2. The Morgan fingerprint density at radius 1 is 1.20 bits per heavy atom. The minimum Gasteiger partial charge on any atom is -0.399 e. The van der Waals surface area contributed by atoms with Gasteiger partial charge in [0.15, 0.2) is 0 Å². The Morgan fingerprint density at radius 3 is 2.70 bits per heavy atom. The van der Waals surface area contributed by atoms with Crippen LogP contribution in [0.5, 0.6) is 0 Å². The molecule has 0 spiro atoms. The summed E-state index contributed by atoms with van der Waals surface area (Å²) in [5.74, 6) is 0. The summed E-state index contributed by atoms with van der Waals surface area (Å²) in [4.78, 5) is 0. The van der Waals surface area contributed by atoms with Crippen molar-refractivity contribution in [3.8, 4) is 0 Å². The smallest absolute Gasteiger partial charge is 0.0331 e. The van der Waals surface area contributed by atoms with Gasteiger partial charge in [-0.05, 0) is 60.7 Å². The van der Waals surface area contributed by atoms with E-state index in [2.05, 4.69) is 64.6 Å². The van der Waals surface area contributed by atoms with Gasteiger partial charge in [-0.3, -0.25) is 0 Å². The van der Waals surface area contributed by atoms with Crippen LogP contribution in [0.25, 0.3) is 0 Å². The molecule has 0 saturated carbocycles. The average molecular weight is 331 g/mol. The summed E-state index contributed by atoms with van der Waals surface area (Å²) < 4.78 is 1.12. The Morgan fingerprint density at radius 2 is 1.95 bits per heavy atom. The monoisotopic (exact) mass is 330 g/mol. The molecule has 2 nitrogen and oxygen atoms in total. The van der Waals surface area contributed by atoms with Crippen molar-refractivity contribution in [3.05, 3.63) is 63.6 Å². The first-order valence-corrected chi connectivity index (χ1v) is 7.82.